The molecule has 0 saturated carbocycles. The Balaban J connectivity index is 2.42. The second kappa shape index (κ2) is 5.02. The Morgan fingerprint density at radius 3 is 2.41 bits per heavy atom. The predicted octanol–water partition coefficient (Wildman–Crippen LogP) is 3.69. The number of amidine groups is 1. The Morgan fingerprint density at radius 1 is 1.06 bits per heavy atom. The standard InChI is InChI=1S/C14H13ClN2/c1-10-6-2-5-9-13(10)17-14(16)11-7-3-4-8-12(11)15/h2-9H,1H3,(H2,16,17). The number of nitrogens with zero attached hydrogens (tertiary/aromatic N) is 1. The van der Waals surface area contributed by atoms with Crippen LogP contribution in [0.1, 0.15) is 11.1 Å². The number of benzene rings is 2. The zero-order valence-electron chi connectivity index (χ0n) is 9.52. The van der Waals surface area contributed by atoms with Gasteiger partial charge in [0.15, 0.2) is 0 Å². The van der Waals surface area contributed by atoms with E-state index in [1.807, 2.05) is 49.4 Å². The van der Waals surface area contributed by atoms with Gasteiger partial charge in [0.2, 0.25) is 0 Å². The van der Waals surface area contributed by atoms with E-state index in [0.717, 1.165) is 16.8 Å². The molecule has 86 valence electrons. The highest BCUT2D eigenvalue weighted by molar-refractivity contribution is 6.34. The van der Waals surface area contributed by atoms with Crippen LogP contribution in [0.2, 0.25) is 5.02 Å². The number of hydrogen-bond donors (Lipinski definition) is 1. The first-order chi connectivity index (χ1) is 8.18. The first kappa shape index (κ1) is 11.7. The van der Waals surface area contributed by atoms with Gasteiger partial charge in [-0.1, -0.05) is 41.9 Å². The zero-order chi connectivity index (χ0) is 12.3. The summed E-state index contributed by atoms with van der Waals surface area (Å²) in [6.45, 7) is 2.00. The number of aryl methyl sites for hydroxylation is 1. The third-order valence-corrected chi connectivity index (χ3v) is 2.84. The molecule has 2 N–H and O–H groups in total. The summed E-state index contributed by atoms with van der Waals surface area (Å²) in [6.07, 6.45) is 0. The smallest absolute Gasteiger partial charge is 0.132 e. The van der Waals surface area contributed by atoms with Crippen LogP contribution in [0.15, 0.2) is 53.5 Å². The van der Waals surface area contributed by atoms with E-state index in [1.54, 1.807) is 6.07 Å². The van der Waals surface area contributed by atoms with E-state index in [9.17, 15) is 0 Å². The van der Waals surface area contributed by atoms with E-state index >= 15 is 0 Å². The lowest BCUT2D eigenvalue weighted by atomic mass is 10.2. The quantitative estimate of drug-likeness (QED) is 0.635. The molecule has 0 spiro atoms. The Kier molecular flexibility index (Phi) is 3.45. The van der Waals surface area contributed by atoms with Gasteiger partial charge in [0, 0.05) is 5.56 Å². The minimum absolute atomic E-state index is 0.435. The number of para-hydroxylation sites is 1. The molecule has 0 heterocycles. The maximum absolute atomic E-state index is 6.06. The molecule has 2 aromatic rings. The van der Waals surface area contributed by atoms with Gasteiger partial charge in [-0.3, -0.25) is 0 Å². The number of aliphatic imine (C=N–C) groups is 1. The second-order valence-electron chi connectivity index (χ2n) is 3.76. The summed E-state index contributed by atoms with van der Waals surface area (Å²) in [5.41, 5.74) is 8.68. The topological polar surface area (TPSA) is 38.4 Å². The van der Waals surface area contributed by atoms with Crippen LogP contribution >= 0.6 is 11.6 Å². The van der Waals surface area contributed by atoms with Crippen LogP contribution in [0.3, 0.4) is 0 Å². The van der Waals surface area contributed by atoms with Crippen LogP contribution in [0.5, 0.6) is 0 Å². The minimum atomic E-state index is 0.435. The van der Waals surface area contributed by atoms with Crippen molar-refractivity contribution in [2.24, 2.45) is 10.7 Å². The van der Waals surface area contributed by atoms with Gasteiger partial charge in [-0.25, -0.2) is 4.99 Å². The molecule has 0 bridgehead atoms. The Bertz CT molecular complexity index is 562. The Morgan fingerprint density at radius 2 is 1.71 bits per heavy atom. The molecule has 2 nitrogen and oxygen atoms in total. The molecule has 2 rings (SSSR count). The Labute approximate surface area is 106 Å². The summed E-state index contributed by atoms with van der Waals surface area (Å²) in [6, 6.07) is 15.3. The minimum Gasteiger partial charge on any atom is -0.383 e. The third-order valence-electron chi connectivity index (χ3n) is 2.51. The molecule has 0 aromatic heterocycles. The van der Waals surface area contributed by atoms with E-state index in [2.05, 4.69) is 4.99 Å². The van der Waals surface area contributed by atoms with Crippen molar-refractivity contribution in [1.82, 2.24) is 0 Å². The zero-order valence-corrected chi connectivity index (χ0v) is 10.3. The number of rotatable bonds is 2. The van der Waals surface area contributed by atoms with Gasteiger partial charge in [0.05, 0.1) is 10.7 Å². The fourth-order valence-corrected chi connectivity index (χ4v) is 1.78. The summed E-state index contributed by atoms with van der Waals surface area (Å²) < 4.78 is 0. The number of halogens is 1. The van der Waals surface area contributed by atoms with Crippen LogP contribution in [0.25, 0.3) is 0 Å². The van der Waals surface area contributed by atoms with Crippen molar-refractivity contribution < 1.29 is 0 Å². The SMILES string of the molecule is Cc1ccccc1N=C(N)c1ccccc1Cl. The molecule has 0 atom stereocenters. The fourth-order valence-electron chi connectivity index (χ4n) is 1.55. The van der Waals surface area contributed by atoms with Gasteiger partial charge < -0.3 is 5.73 Å². The monoisotopic (exact) mass is 244 g/mol. The lowest BCUT2D eigenvalue weighted by Crippen LogP contribution is -2.13. The highest BCUT2D eigenvalue weighted by Gasteiger charge is 2.04. The highest BCUT2D eigenvalue weighted by Crippen LogP contribution is 2.20. The maximum atomic E-state index is 6.06. The van der Waals surface area contributed by atoms with Crippen LogP contribution in [0, 0.1) is 6.92 Å². The lowest BCUT2D eigenvalue weighted by molar-refractivity contribution is 1.37. The molecule has 0 fully saturated rings. The van der Waals surface area contributed by atoms with Gasteiger partial charge >= 0.3 is 0 Å². The van der Waals surface area contributed by atoms with Crippen LogP contribution in [-0.4, -0.2) is 5.84 Å². The molecule has 0 amide bonds. The molecule has 2 aromatic carbocycles. The van der Waals surface area contributed by atoms with Crippen molar-refractivity contribution in [2.75, 3.05) is 0 Å². The summed E-state index contributed by atoms with van der Waals surface area (Å²) in [4.78, 5) is 4.40. The number of nitrogens with two attached hydrogens (primary N) is 1. The van der Waals surface area contributed by atoms with Gasteiger partial charge in [0.25, 0.3) is 0 Å². The maximum Gasteiger partial charge on any atom is 0.132 e. The van der Waals surface area contributed by atoms with Gasteiger partial charge in [-0.15, -0.1) is 0 Å². The van der Waals surface area contributed by atoms with Gasteiger partial charge in [-0.05, 0) is 30.7 Å². The first-order valence-electron chi connectivity index (χ1n) is 5.33. The largest absolute Gasteiger partial charge is 0.383 e. The molecule has 0 aliphatic rings. The van der Waals surface area contributed by atoms with Crippen molar-refractivity contribution in [2.45, 2.75) is 6.92 Å². The van der Waals surface area contributed by atoms with Crippen molar-refractivity contribution in [3.8, 4) is 0 Å². The average Bonchev–Trinajstić information content (AvgIpc) is 2.32. The normalized spacial score (nSPS) is 11.5. The molecule has 0 aliphatic heterocycles. The predicted molar refractivity (Wildman–Crippen MR) is 73.0 cm³/mol. The summed E-state index contributed by atoms with van der Waals surface area (Å²) >= 11 is 6.06. The van der Waals surface area contributed by atoms with Crippen molar-refractivity contribution in [1.29, 1.82) is 0 Å². The van der Waals surface area contributed by atoms with Crippen LogP contribution in [-0.2, 0) is 0 Å². The van der Waals surface area contributed by atoms with Crippen molar-refractivity contribution >= 4 is 23.1 Å². The van der Waals surface area contributed by atoms with Crippen molar-refractivity contribution in [3.63, 3.8) is 0 Å². The fraction of sp³-hybridized carbons (Fsp3) is 0.0714. The summed E-state index contributed by atoms with van der Waals surface area (Å²) in [7, 11) is 0. The van der Waals surface area contributed by atoms with E-state index in [-0.39, 0.29) is 0 Å². The van der Waals surface area contributed by atoms with Crippen molar-refractivity contribution in [3.05, 3.63) is 64.7 Å². The molecule has 3 heteroatoms. The Hall–Kier alpha value is -1.80. The van der Waals surface area contributed by atoms with E-state index < -0.39 is 0 Å². The van der Waals surface area contributed by atoms with Crippen LogP contribution < -0.4 is 5.73 Å². The summed E-state index contributed by atoms with van der Waals surface area (Å²) in [5, 5.41) is 0.613. The van der Waals surface area contributed by atoms with E-state index in [4.69, 9.17) is 17.3 Å². The number of hydrogen-bond acceptors (Lipinski definition) is 1. The molecule has 17 heavy (non-hydrogen) atoms. The average molecular weight is 245 g/mol. The molecule has 0 saturated heterocycles. The molecule has 0 aliphatic carbocycles. The molecule has 0 unspecified atom stereocenters. The van der Waals surface area contributed by atoms with E-state index in [1.165, 1.54) is 0 Å². The molecular weight excluding hydrogens is 232 g/mol. The molecule has 0 radical (unpaired) electrons. The van der Waals surface area contributed by atoms with Gasteiger partial charge in [0.1, 0.15) is 5.84 Å². The van der Waals surface area contributed by atoms with Gasteiger partial charge in [-0.2, -0.15) is 0 Å². The first-order valence-corrected chi connectivity index (χ1v) is 5.71. The van der Waals surface area contributed by atoms with Crippen LogP contribution in [0.4, 0.5) is 5.69 Å². The lowest BCUT2D eigenvalue weighted by Gasteiger charge is -2.04. The second-order valence-corrected chi connectivity index (χ2v) is 4.17. The molecular formula is C14H13ClN2. The summed E-state index contributed by atoms with van der Waals surface area (Å²) in [5.74, 6) is 0.435. The third kappa shape index (κ3) is 2.66. The van der Waals surface area contributed by atoms with E-state index in [0.29, 0.717) is 10.9 Å². The highest BCUT2D eigenvalue weighted by atomic mass is 35.5.